The van der Waals surface area contributed by atoms with Crippen molar-refractivity contribution in [1.82, 2.24) is 20.1 Å². The molecule has 2 aromatic heterocycles. The van der Waals surface area contributed by atoms with Crippen LogP contribution in [0.4, 0.5) is 0 Å². The Hall–Kier alpha value is -2.44. The SMILES string of the molecule is CO[n+]1ccnc(-n2nc(C(=O)NC(C)C(C)C)c3c2C2CC2C3)c1. The first-order chi connectivity index (χ1) is 12.0. The van der Waals surface area contributed by atoms with E-state index in [1.807, 2.05) is 11.6 Å². The van der Waals surface area contributed by atoms with Gasteiger partial charge in [-0.25, -0.2) is 9.67 Å². The average molecular weight is 342 g/mol. The zero-order valence-corrected chi connectivity index (χ0v) is 15.1. The Labute approximate surface area is 147 Å². The summed E-state index contributed by atoms with van der Waals surface area (Å²) in [5, 5.41) is 7.72. The molecule has 3 atom stereocenters. The van der Waals surface area contributed by atoms with Gasteiger partial charge >= 0.3 is 0 Å². The van der Waals surface area contributed by atoms with Gasteiger partial charge in [0.2, 0.25) is 12.0 Å². The first kappa shape index (κ1) is 16.1. The zero-order chi connectivity index (χ0) is 17.7. The first-order valence-electron chi connectivity index (χ1n) is 8.84. The second-order valence-electron chi connectivity index (χ2n) is 7.39. The molecule has 1 amide bonds. The molecule has 2 aromatic rings. The van der Waals surface area contributed by atoms with Crippen LogP contribution in [0.3, 0.4) is 0 Å². The number of amides is 1. The molecule has 0 aromatic carbocycles. The standard InChI is InChI=1S/C18H23N5O2/c1-10(2)11(3)20-18(24)16-14-8-12-7-13(12)17(14)23(21-16)15-9-22(25-4)6-5-19-15/h5-6,9-13H,7-8H2,1-4H3/p+1. The van der Waals surface area contributed by atoms with E-state index >= 15 is 0 Å². The highest BCUT2D eigenvalue weighted by molar-refractivity contribution is 5.94. The van der Waals surface area contributed by atoms with Crippen LogP contribution in [-0.2, 0) is 6.42 Å². The highest BCUT2D eigenvalue weighted by atomic mass is 16.6. The molecule has 0 bridgehead atoms. The number of aromatic nitrogens is 4. The molecule has 0 spiro atoms. The van der Waals surface area contributed by atoms with Gasteiger partial charge in [-0.3, -0.25) is 9.63 Å². The molecular formula is C18H24N5O2+. The van der Waals surface area contributed by atoms with E-state index < -0.39 is 0 Å². The van der Waals surface area contributed by atoms with Gasteiger partial charge in [-0.1, -0.05) is 13.8 Å². The second-order valence-corrected chi connectivity index (χ2v) is 7.39. The van der Waals surface area contributed by atoms with Gasteiger partial charge in [0.15, 0.2) is 5.69 Å². The molecule has 132 valence electrons. The summed E-state index contributed by atoms with van der Waals surface area (Å²) in [6.45, 7) is 6.22. The molecule has 7 heteroatoms. The van der Waals surface area contributed by atoms with Gasteiger partial charge in [-0.2, -0.15) is 5.10 Å². The third-order valence-electron chi connectivity index (χ3n) is 5.43. The van der Waals surface area contributed by atoms with Crippen LogP contribution in [0.5, 0.6) is 0 Å². The van der Waals surface area contributed by atoms with Crippen molar-refractivity contribution in [2.75, 3.05) is 7.11 Å². The van der Waals surface area contributed by atoms with Crippen molar-refractivity contribution in [1.29, 1.82) is 0 Å². The number of fused-ring (bicyclic) bond motifs is 3. The van der Waals surface area contributed by atoms with Gasteiger partial charge in [-0.15, -0.1) is 0 Å². The van der Waals surface area contributed by atoms with Crippen LogP contribution in [0.1, 0.15) is 54.9 Å². The minimum atomic E-state index is -0.0898. The molecule has 1 saturated carbocycles. The molecule has 0 aliphatic heterocycles. The van der Waals surface area contributed by atoms with Gasteiger partial charge in [0.1, 0.15) is 7.11 Å². The molecule has 0 saturated heterocycles. The first-order valence-corrected chi connectivity index (χ1v) is 8.84. The third kappa shape index (κ3) is 2.67. The Bertz CT molecular complexity index is 829. The van der Waals surface area contributed by atoms with E-state index in [1.165, 1.54) is 6.42 Å². The summed E-state index contributed by atoms with van der Waals surface area (Å²) in [6, 6.07) is 0.106. The van der Waals surface area contributed by atoms with E-state index in [0.29, 0.717) is 29.3 Å². The lowest BCUT2D eigenvalue weighted by atomic mass is 10.1. The molecule has 1 fully saturated rings. The predicted octanol–water partition coefficient (Wildman–Crippen LogP) is 1.05. The van der Waals surface area contributed by atoms with Crippen LogP contribution in [-0.4, -0.2) is 33.8 Å². The van der Waals surface area contributed by atoms with E-state index in [9.17, 15) is 4.79 Å². The molecule has 1 N–H and O–H groups in total. The van der Waals surface area contributed by atoms with Gasteiger partial charge in [0.05, 0.1) is 11.9 Å². The number of carbonyl (C=O) groups is 1. The lowest BCUT2D eigenvalue weighted by molar-refractivity contribution is -0.885. The monoisotopic (exact) mass is 342 g/mol. The van der Waals surface area contributed by atoms with Gasteiger partial charge in [0.25, 0.3) is 12.1 Å². The third-order valence-corrected chi connectivity index (χ3v) is 5.43. The van der Waals surface area contributed by atoms with Crippen molar-refractivity contribution >= 4 is 5.91 Å². The van der Waals surface area contributed by atoms with Crippen molar-refractivity contribution in [2.24, 2.45) is 11.8 Å². The second kappa shape index (κ2) is 5.82. The zero-order valence-electron chi connectivity index (χ0n) is 15.1. The number of hydrogen-bond acceptors (Lipinski definition) is 4. The molecule has 2 heterocycles. The minimum absolute atomic E-state index is 0.0898. The van der Waals surface area contributed by atoms with Gasteiger partial charge in [0, 0.05) is 22.3 Å². The summed E-state index contributed by atoms with van der Waals surface area (Å²) in [4.78, 5) is 22.4. The van der Waals surface area contributed by atoms with E-state index in [-0.39, 0.29) is 11.9 Å². The fourth-order valence-electron chi connectivity index (χ4n) is 3.50. The van der Waals surface area contributed by atoms with Crippen LogP contribution in [0.2, 0.25) is 0 Å². The van der Waals surface area contributed by atoms with Crippen molar-refractivity contribution in [3.8, 4) is 5.82 Å². The fourth-order valence-corrected chi connectivity index (χ4v) is 3.50. The Morgan fingerprint density at radius 1 is 1.44 bits per heavy atom. The Balaban J connectivity index is 1.73. The smallest absolute Gasteiger partial charge is 0.272 e. The Kier molecular flexibility index (Phi) is 3.74. The molecule has 7 nitrogen and oxygen atoms in total. The number of carbonyl (C=O) groups excluding carboxylic acids is 1. The molecule has 4 rings (SSSR count). The Morgan fingerprint density at radius 3 is 2.96 bits per heavy atom. The van der Waals surface area contributed by atoms with Crippen LogP contribution in [0.15, 0.2) is 18.6 Å². The fraction of sp³-hybridized carbons (Fsp3) is 0.556. The molecule has 3 unspecified atom stereocenters. The van der Waals surface area contributed by atoms with Gasteiger partial charge in [-0.05, 0) is 31.6 Å². The van der Waals surface area contributed by atoms with Crippen LogP contribution in [0, 0.1) is 11.8 Å². The van der Waals surface area contributed by atoms with E-state index in [1.54, 1.807) is 30.4 Å². The summed E-state index contributed by atoms with van der Waals surface area (Å²) < 4.78 is 3.41. The highest BCUT2D eigenvalue weighted by Gasteiger charge is 2.50. The minimum Gasteiger partial charge on any atom is -0.348 e. The summed E-state index contributed by atoms with van der Waals surface area (Å²) in [5.74, 6) is 2.12. The van der Waals surface area contributed by atoms with Crippen molar-refractivity contribution in [3.05, 3.63) is 35.5 Å². The lowest BCUT2D eigenvalue weighted by Crippen LogP contribution is -2.40. The normalized spacial score (nSPS) is 21.6. The largest absolute Gasteiger partial charge is 0.348 e. The molecule has 2 aliphatic carbocycles. The lowest BCUT2D eigenvalue weighted by Gasteiger charge is -2.16. The number of rotatable bonds is 5. The van der Waals surface area contributed by atoms with Crippen molar-refractivity contribution in [3.63, 3.8) is 0 Å². The summed E-state index contributed by atoms with van der Waals surface area (Å²) in [6.07, 6.45) is 7.30. The predicted molar refractivity (Wildman–Crippen MR) is 90.4 cm³/mol. The summed E-state index contributed by atoms with van der Waals surface area (Å²) >= 11 is 0. The maximum Gasteiger partial charge on any atom is 0.272 e. The number of hydrogen-bond donors (Lipinski definition) is 1. The summed E-state index contributed by atoms with van der Waals surface area (Å²) in [5.41, 5.74) is 2.78. The van der Waals surface area contributed by atoms with Crippen molar-refractivity contribution < 1.29 is 14.4 Å². The quantitative estimate of drug-likeness (QED) is 0.825. The maximum absolute atomic E-state index is 12.8. The molecular weight excluding hydrogens is 318 g/mol. The number of nitrogens with zero attached hydrogens (tertiary/aromatic N) is 4. The topological polar surface area (TPSA) is 72.9 Å². The molecule has 25 heavy (non-hydrogen) atoms. The molecule has 0 radical (unpaired) electrons. The van der Waals surface area contributed by atoms with E-state index in [0.717, 1.165) is 17.7 Å². The van der Waals surface area contributed by atoms with E-state index in [4.69, 9.17) is 4.84 Å². The Morgan fingerprint density at radius 2 is 2.24 bits per heavy atom. The molecule has 2 aliphatic rings. The van der Waals surface area contributed by atoms with E-state index in [2.05, 4.69) is 29.2 Å². The maximum atomic E-state index is 12.8. The van der Waals surface area contributed by atoms with Crippen molar-refractivity contribution in [2.45, 2.75) is 45.6 Å². The van der Waals surface area contributed by atoms with Crippen LogP contribution in [0.25, 0.3) is 5.82 Å². The number of nitrogens with one attached hydrogen (secondary N) is 1. The average Bonchev–Trinajstić information content (AvgIpc) is 3.10. The van der Waals surface area contributed by atoms with Crippen LogP contribution < -0.4 is 14.9 Å². The van der Waals surface area contributed by atoms with Gasteiger partial charge < -0.3 is 5.32 Å². The van der Waals surface area contributed by atoms with Crippen LogP contribution >= 0.6 is 0 Å². The highest BCUT2D eigenvalue weighted by Crippen LogP contribution is 2.57. The summed E-state index contributed by atoms with van der Waals surface area (Å²) in [7, 11) is 1.60.